The number of aromatic nitrogens is 2. The molecule has 2 aromatic rings. The number of aliphatic hydroxyl groups is 1. The molecule has 0 aliphatic rings. The van der Waals surface area contributed by atoms with Crippen molar-refractivity contribution in [2.45, 2.75) is 12.1 Å². The van der Waals surface area contributed by atoms with Gasteiger partial charge in [-0.25, -0.2) is 0 Å². The van der Waals surface area contributed by atoms with Crippen LogP contribution in [0, 0.1) is 0 Å². The molecule has 0 aliphatic carbocycles. The molecule has 3 N–H and O–H groups in total. The summed E-state index contributed by atoms with van der Waals surface area (Å²) in [5.74, 6) is -0.216. The van der Waals surface area contributed by atoms with Gasteiger partial charge in [0.25, 0.3) is 0 Å². The van der Waals surface area contributed by atoms with Crippen molar-refractivity contribution in [1.29, 1.82) is 0 Å². The number of aryl methyl sites for hydroxylation is 1. The molecule has 0 fully saturated rings. The fraction of sp³-hybridized carbons (Fsp3) is 0.385. The standard InChI is InChI=1S/C13H17ClN4O2S/c1-15-12(8-5-17-18(2)7-8)13(20)16-6-9(19)10-3-4-11(14)21-10/h3-5,7,9,12,15,19H,6H2,1-2H3,(H,16,20). The number of thiophene rings is 1. The molecule has 6 nitrogen and oxygen atoms in total. The minimum Gasteiger partial charge on any atom is -0.386 e. The number of hydrogen-bond acceptors (Lipinski definition) is 5. The maximum atomic E-state index is 12.2. The lowest BCUT2D eigenvalue weighted by atomic mass is 10.1. The van der Waals surface area contributed by atoms with E-state index in [0.29, 0.717) is 4.34 Å². The van der Waals surface area contributed by atoms with Crippen LogP contribution in [0.4, 0.5) is 0 Å². The van der Waals surface area contributed by atoms with E-state index in [1.165, 1.54) is 11.3 Å². The topological polar surface area (TPSA) is 79.2 Å². The van der Waals surface area contributed by atoms with E-state index in [0.717, 1.165) is 10.4 Å². The van der Waals surface area contributed by atoms with Gasteiger partial charge in [0.2, 0.25) is 5.91 Å². The first-order valence-corrected chi connectivity index (χ1v) is 7.57. The molecule has 0 bridgehead atoms. The van der Waals surface area contributed by atoms with Crippen LogP contribution in [-0.4, -0.2) is 34.4 Å². The van der Waals surface area contributed by atoms with Crippen molar-refractivity contribution in [2.75, 3.05) is 13.6 Å². The zero-order valence-electron chi connectivity index (χ0n) is 11.7. The summed E-state index contributed by atoms with van der Waals surface area (Å²) in [4.78, 5) is 12.9. The second-order valence-electron chi connectivity index (χ2n) is 4.57. The molecule has 2 atom stereocenters. The second kappa shape index (κ2) is 7.04. The number of likely N-dealkylation sites (N-methyl/N-ethyl adjacent to an activating group) is 1. The Hall–Kier alpha value is -1.41. The van der Waals surface area contributed by atoms with E-state index in [-0.39, 0.29) is 12.5 Å². The third kappa shape index (κ3) is 4.04. The molecule has 2 unspecified atom stereocenters. The molecule has 114 valence electrons. The van der Waals surface area contributed by atoms with Gasteiger partial charge < -0.3 is 15.7 Å². The lowest BCUT2D eigenvalue weighted by Gasteiger charge is -2.16. The molecule has 0 spiro atoms. The number of carbonyl (C=O) groups excluding carboxylic acids is 1. The molecule has 2 rings (SSSR count). The lowest BCUT2D eigenvalue weighted by Crippen LogP contribution is -2.37. The van der Waals surface area contributed by atoms with Crippen molar-refractivity contribution >= 4 is 28.8 Å². The maximum absolute atomic E-state index is 12.2. The Morgan fingerprint density at radius 1 is 1.57 bits per heavy atom. The van der Waals surface area contributed by atoms with Gasteiger partial charge in [-0.2, -0.15) is 5.10 Å². The third-order valence-corrected chi connectivity index (χ3v) is 4.33. The van der Waals surface area contributed by atoms with E-state index in [1.54, 1.807) is 43.3 Å². The molecule has 21 heavy (non-hydrogen) atoms. The number of rotatable bonds is 6. The largest absolute Gasteiger partial charge is 0.386 e. The molecule has 0 saturated carbocycles. The highest BCUT2D eigenvalue weighted by Gasteiger charge is 2.21. The minimum atomic E-state index is -0.766. The van der Waals surface area contributed by atoms with Crippen molar-refractivity contribution < 1.29 is 9.90 Å². The summed E-state index contributed by atoms with van der Waals surface area (Å²) in [5, 5.41) is 19.7. The fourth-order valence-corrected chi connectivity index (χ4v) is 2.99. The summed E-state index contributed by atoms with van der Waals surface area (Å²) >= 11 is 7.12. The van der Waals surface area contributed by atoms with Gasteiger partial charge in [0.1, 0.15) is 12.1 Å². The highest BCUT2D eigenvalue weighted by molar-refractivity contribution is 7.16. The van der Waals surface area contributed by atoms with Crippen LogP contribution in [0.1, 0.15) is 22.6 Å². The Balaban J connectivity index is 1.94. The Morgan fingerprint density at radius 2 is 2.33 bits per heavy atom. The molecule has 2 aromatic heterocycles. The Bertz CT molecular complexity index is 613. The van der Waals surface area contributed by atoms with Gasteiger partial charge in [0.15, 0.2) is 0 Å². The van der Waals surface area contributed by atoms with E-state index in [4.69, 9.17) is 11.6 Å². The SMILES string of the molecule is CNC(C(=O)NCC(O)c1ccc(Cl)s1)c1cnn(C)c1. The quantitative estimate of drug-likeness (QED) is 0.745. The Morgan fingerprint density at radius 3 is 2.86 bits per heavy atom. The average Bonchev–Trinajstić information content (AvgIpc) is 3.06. The van der Waals surface area contributed by atoms with Crippen LogP contribution in [0.2, 0.25) is 4.34 Å². The maximum Gasteiger partial charge on any atom is 0.241 e. The van der Waals surface area contributed by atoms with Gasteiger partial charge in [0, 0.05) is 30.2 Å². The highest BCUT2D eigenvalue weighted by Crippen LogP contribution is 2.26. The average molecular weight is 329 g/mol. The van der Waals surface area contributed by atoms with Crippen molar-refractivity contribution in [1.82, 2.24) is 20.4 Å². The van der Waals surface area contributed by atoms with Gasteiger partial charge in [-0.1, -0.05) is 11.6 Å². The van der Waals surface area contributed by atoms with Crippen LogP contribution in [-0.2, 0) is 11.8 Å². The Labute approximate surface area is 131 Å². The monoisotopic (exact) mass is 328 g/mol. The zero-order valence-corrected chi connectivity index (χ0v) is 13.3. The molecule has 0 radical (unpaired) electrons. The van der Waals surface area contributed by atoms with E-state index < -0.39 is 12.1 Å². The summed E-state index contributed by atoms with van der Waals surface area (Å²) < 4.78 is 2.24. The van der Waals surface area contributed by atoms with Gasteiger partial charge in [-0.05, 0) is 19.2 Å². The first-order chi connectivity index (χ1) is 10.0. The van der Waals surface area contributed by atoms with Crippen LogP contribution >= 0.6 is 22.9 Å². The fourth-order valence-electron chi connectivity index (χ4n) is 1.95. The predicted molar refractivity (Wildman–Crippen MR) is 82.3 cm³/mol. The summed E-state index contributed by atoms with van der Waals surface area (Å²) in [7, 11) is 3.49. The number of nitrogens with zero attached hydrogens (tertiary/aromatic N) is 2. The number of halogens is 1. The first kappa shape index (κ1) is 16.0. The van der Waals surface area contributed by atoms with E-state index in [9.17, 15) is 9.90 Å². The summed E-state index contributed by atoms with van der Waals surface area (Å²) in [6.45, 7) is 0.133. The minimum absolute atomic E-state index is 0.133. The van der Waals surface area contributed by atoms with Gasteiger partial charge in [-0.3, -0.25) is 9.48 Å². The summed E-state index contributed by atoms with van der Waals surface area (Å²) in [6.07, 6.45) is 2.64. The Kier molecular flexibility index (Phi) is 5.35. The molecule has 8 heteroatoms. The number of amides is 1. The number of carbonyl (C=O) groups is 1. The van der Waals surface area contributed by atoms with Crippen LogP contribution in [0.15, 0.2) is 24.5 Å². The van der Waals surface area contributed by atoms with Crippen molar-refractivity contribution in [3.63, 3.8) is 0 Å². The zero-order chi connectivity index (χ0) is 15.4. The van der Waals surface area contributed by atoms with Crippen molar-refractivity contribution in [2.24, 2.45) is 7.05 Å². The molecular weight excluding hydrogens is 312 g/mol. The van der Waals surface area contributed by atoms with Gasteiger partial charge >= 0.3 is 0 Å². The van der Waals surface area contributed by atoms with E-state index >= 15 is 0 Å². The molecule has 2 heterocycles. The molecule has 0 aliphatic heterocycles. The normalized spacial score (nSPS) is 13.9. The molecular formula is C13H17ClN4O2S. The van der Waals surface area contributed by atoms with Crippen LogP contribution in [0.3, 0.4) is 0 Å². The highest BCUT2D eigenvalue weighted by atomic mass is 35.5. The van der Waals surface area contributed by atoms with E-state index in [2.05, 4.69) is 15.7 Å². The molecule has 0 saturated heterocycles. The van der Waals surface area contributed by atoms with Crippen molar-refractivity contribution in [3.8, 4) is 0 Å². The number of hydrogen-bond donors (Lipinski definition) is 3. The lowest BCUT2D eigenvalue weighted by molar-refractivity contribution is -0.123. The van der Waals surface area contributed by atoms with E-state index in [1.807, 2.05) is 0 Å². The smallest absolute Gasteiger partial charge is 0.241 e. The molecule has 0 aromatic carbocycles. The van der Waals surface area contributed by atoms with Crippen LogP contribution < -0.4 is 10.6 Å². The van der Waals surface area contributed by atoms with Gasteiger partial charge in [0.05, 0.1) is 10.5 Å². The van der Waals surface area contributed by atoms with Gasteiger partial charge in [-0.15, -0.1) is 11.3 Å². The molecule has 1 amide bonds. The van der Waals surface area contributed by atoms with Crippen molar-refractivity contribution in [3.05, 3.63) is 39.3 Å². The number of aliphatic hydroxyl groups excluding tert-OH is 1. The summed E-state index contributed by atoms with van der Waals surface area (Å²) in [5.41, 5.74) is 0.770. The summed E-state index contributed by atoms with van der Waals surface area (Å²) in [6, 6.07) is 2.97. The third-order valence-electron chi connectivity index (χ3n) is 3.00. The first-order valence-electron chi connectivity index (χ1n) is 6.38. The number of nitrogens with one attached hydrogen (secondary N) is 2. The predicted octanol–water partition coefficient (Wildman–Crippen LogP) is 1.25. The van der Waals surface area contributed by atoms with Crippen LogP contribution in [0.5, 0.6) is 0 Å². The van der Waals surface area contributed by atoms with Crippen LogP contribution in [0.25, 0.3) is 0 Å². The second-order valence-corrected chi connectivity index (χ2v) is 6.32.